The Hall–Kier alpha value is -2.70. The highest BCUT2D eigenvalue weighted by Gasteiger charge is 2.26. The lowest BCUT2D eigenvalue weighted by Gasteiger charge is -2.33. The second-order valence-corrected chi connectivity index (χ2v) is 7.02. The number of carbonyl (C=O) groups excluding carboxylic acids is 1. The van der Waals surface area contributed by atoms with E-state index in [1.807, 2.05) is 17.0 Å². The molecule has 0 aliphatic carbocycles. The van der Waals surface area contributed by atoms with E-state index in [1.54, 1.807) is 12.3 Å². The summed E-state index contributed by atoms with van der Waals surface area (Å²) in [6, 6.07) is 5.53. The quantitative estimate of drug-likeness (QED) is 0.910. The summed E-state index contributed by atoms with van der Waals surface area (Å²) in [5.74, 6) is 1.07. The Morgan fingerprint density at radius 1 is 1.08 bits per heavy atom. The molecule has 2 aliphatic rings. The number of rotatable bonds is 3. The Labute approximate surface area is 152 Å². The third-order valence-corrected chi connectivity index (χ3v) is 5.27. The summed E-state index contributed by atoms with van der Waals surface area (Å²) in [6.45, 7) is 3.36. The zero-order valence-electron chi connectivity index (χ0n) is 14.7. The molecule has 7 nitrogen and oxygen atoms in total. The minimum absolute atomic E-state index is 0.0361. The molecule has 2 aromatic rings. The Kier molecular flexibility index (Phi) is 4.69. The zero-order valence-corrected chi connectivity index (χ0v) is 14.7. The highest BCUT2D eigenvalue weighted by molar-refractivity contribution is 5.95. The predicted octanol–water partition coefficient (Wildman–Crippen LogP) is 1.78. The van der Waals surface area contributed by atoms with E-state index >= 15 is 0 Å². The maximum Gasteiger partial charge on any atom is 0.345 e. The highest BCUT2D eigenvalue weighted by Crippen LogP contribution is 2.26. The van der Waals surface area contributed by atoms with Gasteiger partial charge in [-0.3, -0.25) is 4.79 Å². The van der Waals surface area contributed by atoms with E-state index in [-0.39, 0.29) is 17.5 Å². The number of pyridine rings is 1. The van der Waals surface area contributed by atoms with Crippen molar-refractivity contribution in [3.8, 4) is 0 Å². The van der Waals surface area contributed by atoms with Crippen molar-refractivity contribution >= 4 is 11.7 Å². The van der Waals surface area contributed by atoms with Crippen LogP contribution in [0.2, 0.25) is 0 Å². The Morgan fingerprint density at radius 3 is 2.69 bits per heavy atom. The van der Waals surface area contributed by atoms with Gasteiger partial charge in [0.15, 0.2) is 0 Å². The molecule has 2 fully saturated rings. The van der Waals surface area contributed by atoms with Crippen molar-refractivity contribution in [1.82, 2.24) is 19.9 Å². The first kappa shape index (κ1) is 16.8. The molecule has 1 amide bonds. The summed E-state index contributed by atoms with van der Waals surface area (Å²) in [4.78, 5) is 39.5. The van der Waals surface area contributed by atoms with Crippen LogP contribution in [0.3, 0.4) is 0 Å². The van der Waals surface area contributed by atoms with Crippen LogP contribution in [0.1, 0.15) is 47.7 Å². The molecule has 136 valence electrons. The number of carbonyl (C=O) groups is 1. The van der Waals surface area contributed by atoms with Gasteiger partial charge in [0.1, 0.15) is 5.82 Å². The number of likely N-dealkylation sites (tertiary alicyclic amines) is 1. The first-order valence-corrected chi connectivity index (χ1v) is 9.26. The second-order valence-electron chi connectivity index (χ2n) is 7.02. The topological polar surface area (TPSA) is 82.2 Å². The van der Waals surface area contributed by atoms with Crippen molar-refractivity contribution in [3.05, 3.63) is 52.3 Å². The van der Waals surface area contributed by atoms with Crippen LogP contribution in [0.5, 0.6) is 0 Å². The number of nitrogens with one attached hydrogen (secondary N) is 1. The van der Waals surface area contributed by atoms with E-state index < -0.39 is 0 Å². The third-order valence-electron chi connectivity index (χ3n) is 5.27. The molecule has 2 saturated heterocycles. The molecule has 4 rings (SSSR count). The number of aromatic nitrogens is 3. The summed E-state index contributed by atoms with van der Waals surface area (Å²) >= 11 is 0. The molecule has 0 radical (unpaired) electrons. The van der Waals surface area contributed by atoms with Gasteiger partial charge in [0, 0.05) is 55.7 Å². The number of anilines is 1. The van der Waals surface area contributed by atoms with Crippen molar-refractivity contribution in [2.75, 3.05) is 31.1 Å². The van der Waals surface area contributed by atoms with Crippen molar-refractivity contribution in [1.29, 1.82) is 0 Å². The third kappa shape index (κ3) is 3.47. The monoisotopic (exact) mass is 353 g/mol. The number of piperidine rings is 1. The van der Waals surface area contributed by atoms with Gasteiger partial charge in [0.25, 0.3) is 5.91 Å². The second kappa shape index (κ2) is 7.27. The van der Waals surface area contributed by atoms with E-state index in [0.717, 1.165) is 44.0 Å². The van der Waals surface area contributed by atoms with Gasteiger partial charge in [-0.2, -0.15) is 0 Å². The molecule has 0 saturated carbocycles. The van der Waals surface area contributed by atoms with Gasteiger partial charge < -0.3 is 14.8 Å². The van der Waals surface area contributed by atoms with E-state index in [1.165, 1.54) is 19.0 Å². The lowest BCUT2D eigenvalue weighted by atomic mass is 9.94. The smallest absolute Gasteiger partial charge is 0.345 e. The molecule has 7 heteroatoms. The van der Waals surface area contributed by atoms with Crippen LogP contribution in [0.4, 0.5) is 5.82 Å². The van der Waals surface area contributed by atoms with Gasteiger partial charge in [-0.05, 0) is 43.9 Å². The Morgan fingerprint density at radius 2 is 1.88 bits per heavy atom. The standard InChI is InChI=1S/C19H23N5O2/c25-18(14-5-7-20-17(12-14)23-9-1-2-10-23)24-11-3-4-15(13-24)16-6-8-21-19(26)22-16/h5-8,12,15H,1-4,9-11,13H2,(H,21,22,26)/t15-/m1/s1. The number of hydrogen-bond acceptors (Lipinski definition) is 5. The normalized spacial score (nSPS) is 20.4. The lowest BCUT2D eigenvalue weighted by Crippen LogP contribution is -2.39. The number of amides is 1. The summed E-state index contributed by atoms with van der Waals surface area (Å²) in [7, 11) is 0. The maximum absolute atomic E-state index is 13.0. The number of hydrogen-bond donors (Lipinski definition) is 1. The van der Waals surface area contributed by atoms with Crippen molar-refractivity contribution < 1.29 is 4.79 Å². The van der Waals surface area contributed by atoms with Crippen LogP contribution < -0.4 is 10.6 Å². The fourth-order valence-corrected chi connectivity index (χ4v) is 3.89. The fourth-order valence-electron chi connectivity index (χ4n) is 3.89. The van der Waals surface area contributed by atoms with Crippen LogP contribution in [-0.4, -0.2) is 51.9 Å². The van der Waals surface area contributed by atoms with Crippen LogP contribution in [-0.2, 0) is 0 Å². The minimum atomic E-state index is -0.338. The Bertz CT molecular complexity index is 844. The summed E-state index contributed by atoms with van der Waals surface area (Å²) in [6.07, 6.45) is 7.49. The Balaban J connectivity index is 1.50. The van der Waals surface area contributed by atoms with Crippen LogP contribution >= 0.6 is 0 Å². The van der Waals surface area contributed by atoms with Gasteiger partial charge in [-0.15, -0.1) is 0 Å². The van der Waals surface area contributed by atoms with E-state index in [9.17, 15) is 9.59 Å². The zero-order chi connectivity index (χ0) is 17.9. The van der Waals surface area contributed by atoms with Crippen molar-refractivity contribution in [2.45, 2.75) is 31.6 Å². The van der Waals surface area contributed by atoms with E-state index in [0.29, 0.717) is 12.1 Å². The summed E-state index contributed by atoms with van der Waals surface area (Å²) in [5, 5.41) is 0. The van der Waals surface area contributed by atoms with E-state index in [4.69, 9.17) is 0 Å². The molecule has 0 spiro atoms. The minimum Gasteiger partial charge on any atom is -0.357 e. The SMILES string of the molecule is O=C(c1ccnc(N2CCCC2)c1)N1CCC[C@@H](c2ccnc(=O)[nH]2)C1. The van der Waals surface area contributed by atoms with Gasteiger partial charge in [-0.1, -0.05) is 0 Å². The molecule has 0 unspecified atom stereocenters. The molecule has 1 N–H and O–H groups in total. The molecule has 2 aliphatic heterocycles. The summed E-state index contributed by atoms with van der Waals surface area (Å²) in [5.41, 5.74) is 1.20. The molecule has 26 heavy (non-hydrogen) atoms. The molecule has 1 atom stereocenters. The van der Waals surface area contributed by atoms with Gasteiger partial charge >= 0.3 is 5.69 Å². The number of nitrogens with zero attached hydrogens (tertiary/aromatic N) is 4. The van der Waals surface area contributed by atoms with Crippen LogP contribution in [0.15, 0.2) is 35.4 Å². The van der Waals surface area contributed by atoms with E-state index in [2.05, 4.69) is 19.9 Å². The molecule has 4 heterocycles. The highest BCUT2D eigenvalue weighted by atomic mass is 16.2. The lowest BCUT2D eigenvalue weighted by molar-refractivity contribution is 0.0705. The largest absolute Gasteiger partial charge is 0.357 e. The average Bonchev–Trinajstić information content (AvgIpc) is 3.22. The van der Waals surface area contributed by atoms with Gasteiger partial charge in [-0.25, -0.2) is 14.8 Å². The fraction of sp³-hybridized carbons (Fsp3) is 0.474. The first-order chi connectivity index (χ1) is 12.7. The average molecular weight is 353 g/mol. The van der Waals surface area contributed by atoms with Crippen molar-refractivity contribution in [3.63, 3.8) is 0 Å². The number of aromatic amines is 1. The first-order valence-electron chi connectivity index (χ1n) is 9.26. The van der Waals surface area contributed by atoms with Gasteiger partial charge in [0.2, 0.25) is 0 Å². The van der Waals surface area contributed by atoms with Crippen LogP contribution in [0.25, 0.3) is 0 Å². The number of H-pyrrole nitrogens is 1. The molecule has 2 aromatic heterocycles. The molecular weight excluding hydrogens is 330 g/mol. The van der Waals surface area contributed by atoms with Crippen LogP contribution in [0, 0.1) is 0 Å². The molecular formula is C19H23N5O2. The molecule has 0 bridgehead atoms. The van der Waals surface area contributed by atoms with Crippen molar-refractivity contribution in [2.24, 2.45) is 0 Å². The predicted molar refractivity (Wildman–Crippen MR) is 98.4 cm³/mol. The summed E-state index contributed by atoms with van der Waals surface area (Å²) < 4.78 is 0. The van der Waals surface area contributed by atoms with Gasteiger partial charge in [0.05, 0.1) is 0 Å². The molecule has 0 aromatic carbocycles. The maximum atomic E-state index is 13.0.